The first-order chi connectivity index (χ1) is 5.31. The van der Waals surface area contributed by atoms with Gasteiger partial charge in [0.2, 0.25) is 0 Å². The summed E-state index contributed by atoms with van der Waals surface area (Å²) in [7, 11) is 0. The molecular formula is C7H7IO3. The van der Waals surface area contributed by atoms with Gasteiger partial charge in [-0.25, -0.2) is 4.79 Å². The Morgan fingerprint density at radius 3 is 2.91 bits per heavy atom. The second-order valence-corrected chi connectivity index (χ2v) is 1.95. The zero-order valence-electron chi connectivity index (χ0n) is 5.80. The fourth-order valence-corrected chi connectivity index (χ4v) is 0.447. The van der Waals surface area contributed by atoms with Crippen molar-refractivity contribution in [3.8, 4) is 9.85 Å². The van der Waals surface area contributed by atoms with Crippen LogP contribution in [0, 0.1) is 9.85 Å². The van der Waals surface area contributed by atoms with Crippen molar-refractivity contribution >= 4 is 28.7 Å². The van der Waals surface area contributed by atoms with Gasteiger partial charge in [0.1, 0.15) is 6.61 Å². The van der Waals surface area contributed by atoms with Crippen LogP contribution >= 0.6 is 22.6 Å². The van der Waals surface area contributed by atoms with Crippen LogP contribution in [-0.4, -0.2) is 19.4 Å². The maximum Gasteiger partial charge on any atom is 0.509 e. The number of hydrogen-bond acceptors (Lipinski definition) is 3. The first-order valence-corrected chi connectivity index (χ1v) is 3.88. The summed E-state index contributed by atoms with van der Waals surface area (Å²) in [5.74, 6) is 2.54. The molecule has 0 aromatic carbocycles. The van der Waals surface area contributed by atoms with Crippen LogP contribution in [0.3, 0.4) is 0 Å². The minimum absolute atomic E-state index is 0.0684. The van der Waals surface area contributed by atoms with Gasteiger partial charge < -0.3 is 9.47 Å². The zero-order chi connectivity index (χ0) is 8.53. The van der Waals surface area contributed by atoms with E-state index in [1.54, 1.807) is 0 Å². The van der Waals surface area contributed by atoms with E-state index in [2.05, 4.69) is 25.9 Å². The highest BCUT2D eigenvalue weighted by Crippen LogP contribution is 1.84. The molecule has 0 N–H and O–H groups in total. The van der Waals surface area contributed by atoms with Crippen molar-refractivity contribution in [2.24, 2.45) is 0 Å². The zero-order valence-corrected chi connectivity index (χ0v) is 7.96. The Hall–Kier alpha value is -0.700. The molecule has 0 aromatic rings. The third kappa shape index (κ3) is 7.19. The smallest absolute Gasteiger partial charge is 0.430 e. The lowest BCUT2D eigenvalue weighted by Crippen LogP contribution is -2.07. The summed E-state index contributed by atoms with van der Waals surface area (Å²) in [6.45, 7) is 3.60. The molecule has 11 heavy (non-hydrogen) atoms. The third-order valence-corrected chi connectivity index (χ3v) is 1.03. The average Bonchev–Trinajstić information content (AvgIpc) is 2.01. The molecule has 0 aliphatic heterocycles. The Bertz CT molecular complexity index is 190. The average molecular weight is 266 g/mol. The third-order valence-electron chi connectivity index (χ3n) is 0.648. The number of hydrogen-bond donors (Lipinski definition) is 0. The Morgan fingerprint density at radius 1 is 1.64 bits per heavy atom. The van der Waals surface area contributed by atoms with Gasteiger partial charge in [-0.15, -0.1) is 0 Å². The van der Waals surface area contributed by atoms with Crippen LogP contribution in [-0.2, 0) is 9.47 Å². The first-order valence-electron chi connectivity index (χ1n) is 2.80. The van der Waals surface area contributed by atoms with Gasteiger partial charge in [-0.1, -0.05) is 18.6 Å². The summed E-state index contributed by atoms with van der Waals surface area (Å²) >= 11 is 1.85. The maximum absolute atomic E-state index is 10.5. The lowest BCUT2D eigenvalue weighted by molar-refractivity contribution is 0.0732. The van der Waals surface area contributed by atoms with E-state index in [1.807, 2.05) is 22.6 Å². The minimum atomic E-state index is -0.718. The summed E-state index contributed by atoms with van der Waals surface area (Å²) in [4.78, 5) is 10.5. The van der Waals surface area contributed by atoms with Gasteiger partial charge in [-0.05, 0) is 3.93 Å². The summed E-state index contributed by atoms with van der Waals surface area (Å²) < 4.78 is 11.5. The fourth-order valence-electron chi connectivity index (χ4n) is 0.291. The number of carbonyl (C=O) groups is 1. The highest BCUT2D eigenvalue weighted by molar-refractivity contribution is 14.1. The Morgan fingerprint density at radius 2 is 2.36 bits per heavy atom. The first kappa shape index (κ1) is 10.3. The molecule has 3 nitrogen and oxygen atoms in total. The molecule has 0 fully saturated rings. The van der Waals surface area contributed by atoms with Crippen molar-refractivity contribution in [3.63, 3.8) is 0 Å². The molecule has 0 unspecified atom stereocenters. The molecule has 0 heterocycles. The molecule has 0 saturated carbocycles. The van der Waals surface area contributed by atoms with E-state index in [4.69, 9.17) is 0 Å². The van der Waals surface area contributed by atoms with Crippen LogP contribution in [0.4, 0.5) is 4.79 Å². The molecule has 0 aliphatic carbocycles. The normalized spacial score (nSPS) is 7.36. The summed E-state index contributed by atoms with van der Waals surface area (Å²) in [6.07, 6.45) is 0.745. The van der Waals surface area contributed by atoms with Gasteiger partial charge in [0.15, 0.2) is 6.61 Å². The summed E-state index contributed by atoms with van der Waals surface area (Å²) in [5, 5.41) is 0. The van der Waals surface area contributed by atoms with E-state index in [0.717, 1.165) is 0 Å². The van der Waals surface area contributed by atoms with E-state index in [1.165, 1.54) is 6.08 Å². The van der Waals surface area contributed by atoms with Gasteiger partial charge in [-0.3, -0.25) is 0 Å². The molecule has 60 valence electrons. The Balaban J connectivity index is 3.34. The van der Waals surface area contributed by atoms with E-state index in [-0.39, 0.29) is 13.2 Å². The van der Waals surface area contributed by atoms with E-state index < -0.39 is 6.16 Å². The number of carbonyl (C=O) groups excluding carboxylic acids is 1. The van der Waals surface area contributed by atoms with Crippen molar-refractivity contribution in [2.45, 2.75) is 0 Å². The lowest BCUT2D eigenvalue weighted by Gasteiger charge is -1.98. The van der Waals surface area contributed by atoms with Gasteiger partial charge in [0.05, 0.1) is 0 Å². The van der Waals surface area contributed by atoms with Crippen molar-refractivity contribution < 1.29 is 14.3 Å². The van der Waals surface area contributed by atoms with E-state index in [9.17, 15) is 4.79 Å². The molecule has 0 saturated heterocycles. The molecule has 0 rings (SSSR count). The van der Waals surface area contributed by atoms with Crippen molar-refractivity contribution in [1.82, 2.24) is 0 Å². The molecule has 0 atom stereocenters. The van der Waals surface area contributed by atoms with Crippen molar-refractivity contribution in [1.29, 1.82) is 0 Å². The molecular weight excluding hydrogens is 259 g/mol. The van der Waals surface area contributed by atoms with Crippen LogP contribution in [0.25, 0.3) is 0 Å². The Labute approximate surface area is 78.9 Å². The van der Waals surface area contributed by atoms with E-state index >= 15 is 0 Å². The molecule has 0 aliphatic rings. The molecule has 0 radical (unpaired) electrons. The van der Waals surface area contributed by atoms with E-state index in [0.29, 0.717) is 0 Å². The summed E-state index contributed by atoms with van der Waals surface area (Å²) in [5.41, 5.74) is 0. The van der Waals surface area contributed by atoms with Gasteiger partial charge >= 0.3 is 6.16 Å². The highest BCUT2D eigenvalue weighted by Gasteiger charge is 1.98. The predicted molar refractivity (Wildman–Crippen MR) is 49.3 cm³/mol. The molecule has 0 amide bonds. The van der Waals surface area contributed by atoms with Crippen LogP contribution < -0.4 is 0 Å². The lowest BCUT2D eigenvalue weighted by atomic mass is 10.7. The minimum Gasteiger partial charge on any atom is -0.430 e. The molecule has 0 aromatic heterocycles. The van der Waals surface area contributed by atoms with Crippen LogP contribution in [0.15, 0.2) is 12.7 Å². The Kier molecular flexibility index (Phi) is 6.94. The second kappa shape index (κ2) is 7.41. The monoisotopic (exact) mass is 266 g/mol. The predicted octanol–water partition coefficient (Wildman–Crippen LogP) is 1.72. The SMILES string of the molecule is C=CCOC(=O)OCC#CI. The molecule has 0 bridgehead atoms. The largest absolute Gasteiger partial charge is 0.509 e. The summed E-state index contributed by atoms with van der Waals surface area (Å²) in [6, 6.07) is 0. The quantitative estimate of drug-likeness (QED) is 0.337. The van der Waals surface area contributed by atoms with Gasteiger partial charge in [0.25, 0.3) is 0 Å². The van der Waals surface area contributed by atoms with Gasteiger partial charge in [0, 0.05) is 22.6 Å². The van der Waals surface area contributed by atoms with Crippen LogP contribution in [0.5, 0.6) is 0 Å². The highest BCUT2D eigenvalue weighted by atomic mass is 127. The number of ether oxygens (including phenoxy) is 2. The molecule has 0 spiro atoms. The number of halogens is 1. The second-order valence-electron chi connectivity index (χ2n) is 1.41. The number of rotatable bonds is 3. The standard InChI is InChI=1S/C7H7IO3/c1-2-5-10-7(9)11-6-3-4-8/h2H,1,5-6H2. The van der Waals surface area contributed by atoms with Crippen molar-refractivity contribution in [2.75, 3.05) is 13.2 Å². The maximum atomic E-state index is 10.5. The fraction of sp³-hybridized carbons (Fsp3) is 0.286. The van der Waals surface area contributed by atoms with Gasteiger partial charge in [-0.2, -0.15) is 0 Å². The van der Waals surface area contributed by atoms with Crippen LogP contribution in [0.2, 0.25) is 0 Å². The van der Waals surface area contributed by atoms with Crippen LogP contribution in [0.1, 0.15) is 0 Å². The molecule has 4 heteroatoms. The van der Waals surface area contributed by atoms with Crippen molar-refractivity contribution in [3.05, 3.63) is 12.7 Å². The topological polar surface area (TPSA) is 35.5 Å².